The molecular formula is C12H8N-. The molecule has 0 saturated carbocycles. The van der Waals surface area contributed by atoms with Gasteiger partial charge in [0.2, 0.25) is 0 Å². The molecular weight excluding hydrogens is 158 g/mol. The van der Waals surface area contributed by atoms with E-state index in [-0.39, 0.29) is 0 Å². The van der Waals surface area contributed by atoms with Crippen molar-refractivity contribution in [2.24, 2.45) is 0 Å². The summed E-state index contributed by atoms with van der Waals surface area (Å²) < 4.78 is 0. The summed E-state index contributed by atoms with van der Waals surface area (Å²) in [4.78, 5) is 3.34. The first-order chi connectivity index (χ1) is 6.40. The van der Waals surface area contributed by atoms with E-state index in [1.165, 1.54) is 5.56 Å². The maximum atomic E-state index is 6.81. The number of benzene rings is 1. The normalized spacial score (nSPS) is 9.46. The van der Waals surface area contributed by atoms with E-state index in [1.54, 1.807) is 0 Å². The van der Waals surface area contributed by atoms with E-state index in [1.807, 2.05) is 36.4 Å². The lowest BCUT2D eigenvalue weighted by molar-refractivity contribution is 1.68. The molecule has 0 unspecified atom stereocenters. The van der Waals surface area contributed by atoms with Crippen molar-refractivity contribution in [3.63, 3.8) is 0 Å². The summed E-state index contributed by atoms with van der Waals surface area (Å²) in [6, 6.07) is 15.8. The third-order valence-corrected chi connectivity index (χ3v) is 1.99. The smallest absolute Gasteiger partial charge is 0.172 e. The van der Waals surface area contributed by atoms with Crippen LogP contribution in [0.3, 0.4) is 0 Å². The molecule has 2 aromatic carbocycles. The zero-order chi connectivity index (χ0) is 9.10. The quantitative estimate of drug-likeness (QED) is 0.570. The van der Waals surface area contributed by atoms with Crippen LogP contribution < -0.4 is 0 Å². The third kappa shape index (κ3) is 1.47. The number of hydrogen-bond acceptors (Lipinski definition) is 0. The standard InChI is InChI=1S/C12H8N/c1-13-12-8-6-11(7-9-12)10-4-2-3-5-10/h2-9H/q-1. The van der Waals surface area contributed by atoms with Gasteiger partial charge in [-0.1, -0.05) is 17.7 Å². The molecule has 1 heteroatoms. The average Bonchev–Trinajstić information content (AvgIpc) is 2.71. The minimum atomic E-state index is 0.690. The van der Waals surface area contributed by atoms with Gasteiger partial charge in [-0.3, -0.25) is 0 Å². The molecule has 0 amide bonds. The zero-order valence-electron chi connectivity index (χ0n) is 7.07. The summed E-state index contributed by atoms with van der Waals surface area (Å²) in [5.74, 6) is 0. The van der Waals surface area contributed by atoms with E-state index in [0.717, 1.165) is 5.56 Å². The monoisotopic (exact) mass is 166 g/mol. The SMILES string of the molecule is [C-]#[N+]c1ccc(-[c-]2cccc2)cc1. The minimum Gasteiger partial charge on any atom is -0.240 e. The van der Waals surface area contributed by atoms with E-state index < -0.39 is 0 Å². The first-order valence-corrected chi connectivity index (χ1v) is 4.10. The van der Waals surface area contributed by atoms with Gasteiger partial charge in [0.1, 0.15) is 0 Å². The number of rotatable bonds is 1. The molecule has 2 aromatic rings. The maximum absolute atomic E-state index is 6.81. The van der Waals surface area contributed by atoms with Gasteiger partial charge in [0.25, 0.3) is 0 Å². The van der Waals surface area contributed by atoms with Crippen LogP contribution in [0.25, 0.3) is 16.0 Å². The molecule has 0 aliphatic rings. The Hall–Kier alpha value is -1.94. The Labute approximate surface area is 77.4 Å². The summed E-state index contributed by atoms with van der Waals surface area (Å²) in [6.45, 7) is 6.81. The third-order valence-electron chi connectivity index (χ3n) is 1.99. The number of nitrogens with zero attached hydrogens (tertiary/aromatic N) is 1. The Balaban J connectivity index is 2.40. The summed E-state index contributed by atoms with van der Waals surface area (Å²) >= 11 is 0. The first kappa shape index (κ1) is 7.70. The summed E-state index contributed by atoms with van der Waals surface area (Å²) in [7, 11) is 0. The van der Waals surface area contributed by atoms with Crippen LogP contribution in [0.5, 0.6) is 0 Å². The van der Waals surface area contributed by atoms with E-state index in [9.17, 15) is 0 Å². The molecule has 0 spiro atoms. The largest absolute Gasteiger partial charge is 0.240 e. The van der Waals surface area contributed by atoms with Gasteiger partial charge in [-0.25, -0.2) is 4.85 Å². The fourth-order valence-corrected chi connectivity index (χ4v) is 1.29. The van der Waals surface area contributed by atoms with Crippen molar-refractivity contribution in [3.8, 4) is 11.1 Å². The second-order valence-corrected chi connectivity index (χ2v) is 2.83. The van der Waals surface area contributed by atoms with Gasteiger partial charge in [0, 0.05) is 0 Å². The highest BCUT2D eigenvalue weighted by atomic mass is 14.6. The van der Waals surface area contributed by atoms with Crippen molar-refractivity contribution < 1.29 is 0 Å². The summed E-state index contributed by atoms with van der Waals surface area (Å²) in [6.07, 6.45) is 0. The fourth-order valence-electron chi connectivity index (χ4n) is 1.29. The van der Waals surface area contributed by atoms with Crippen LogP contribution in [0.2, 0.25) is 0 Å². The first-order valence-electron chi connectivity index (χ1n) is 4.10. The molecule has 13 heavy (non-hydrogen) atoms. The lowest BCUT2D eigenvalue weighted by atomic mass is 10.1. The highest BCUT2D eigenvalue weighted by Gasteiger charge is 1.89. The molecule has 0 fully saturated rings. The minimum absolute atomic E-state index is 0.690. The van der Waals surface area contributed by atoms with Crippen molar-refractivity contribution in [2.75, 3.05) is 0 Å². The molecule has 1 nitrogen and oxygen atoms in total. The van der Waals surface area contributed by atoms with Crippen LogP contribution in [0.15, 0.2) is 48.5 Å². The lowest BCUT2D eigenvalue weighted by Crippen LogP contribution is -1.70. The Bertz CT molecular complexity index is 415. The van der Waals surface area contributed by atoms with Crippen molar-refractivity contribution in [2.45, 2.75) is 0 Å². The molecule has 0 atom stereocenters. The molecule has 0 aliphatic carbocycles. The average molecular weight is 166 g/mol. The van der Waals surface area contributed by atoms with E-state index in [2.05, 4.69) is 17.0 Å². The summed E-state index contributed by atoms with van der Waals surface area (Å²) in [5.41, 5.74) is 3.06. The fraction of sp³-hybridized carbons (Fsp3) is 0. The predicted molar refractivity (Wildman–Crippen MR) is 53.7 cm³/mol. The zero-order valence-corrected chi connectivity index (χ0v) is 7.07. The van der Waals surface area contributed by atoms with Crippen molar-refractivity contribution in [1.29, 1.82) is 0 Å². The predicted octanol–water partition coefficient (Wildman–Crippen LogP) is 3.62. The van der Waals surface area contributed by atoms with Crippen LogP contribution in [0.1, 0.15) is 0 Å². The van der Waals surface area contributed by atoms with Crippen molar-refractivity contribution >= 4 is 5.69 Å². The molecule has 2 rings (SSSR count). The highest BCUT2D eigenvalue weighted by molar-refractivity contribution is 5.66. The van der Waals surface area contributed by atoms with Crippen LogP contribution in [0, 0.1) is 6.57 Å². The highest BCUT2D eigenvalue weighted by Crippen LogP contribution is 2.22. The van der Waals surface area contributed by atoms with Gasteiger partial charge in [-0.15, -0.1) is 29.8 Å². The molecule has 62 valence electrons. The second kappa shape index (κ2) is 3.20. The van der Waals surface area contributed by atoms with Gasteiger partial charge in [0.05, 0.1) is 6.57 Å². The van der Waals surface area contributed by atoms with Gasteiger partial charge in [0.15, 0.2) is 5.69 Å². The van der Waals surface area contributed by atoms with E-state index >= 15 is 0 Å². The lowest BCUT2D eigenvalue weighted by Gasteiger charge is -2.03. The van der Waals surface area contributed by atoms with E-state index in [0.29, 0.717) is 5.69 Å². The van der Waals surface area contributed by atoms with Crippen molar-refractivity contribution in [1.82, 2.24) is 0 Å². The summed E-state index contributed by atoms with van der Waals surface area (Å²) in [5, 5.41) is 0. The molecule has 0 radical (unpaired) electrons. The van der Waals surface area contributed by atoms with Crippen LogP contribution in [-0.4, -0.2) is 0 Å². The Kier molecular flexibility index (Phi) is 1.90. The topological polar surface area (TPSA) is 4.36 Å². The molecule has 0 aromatic heterocycles. The van der Waals surface area contributed by atoms with Crippen LogP contribution >= 0.6 is 0 Å². The molecule has 0 heterocycles. The number of hydrogen-bond donors (Lipinski definition) is 0. The van der Waals surface area contributed by atoms with Gasteiger partial charge < -0.3 is 0 Å². The Morgan fingerprint density at radius 2 is 1.62 bits per heavy atom. The van der Waals surface area contributed by atoms with E-state index in [4.69, 9.17) is 6.57 Å². The van der Waals surface area contributed by atoms with Crippen molar-refractivity contribution in [3.05, 3.63) is 59.9 Å². The van der Waals surface area contributed by atoms with Crippen LogP contribution in [0.4, 0.5) is 5.69 Å². The Morgan fingerprint density at radius 3 is 2.15 bits per heavy atom. The molecule has 0 bridgehead atoms. The molecule has 0 saturated heterocycles. The van der Waals surface area contributed by atoms with Crippen LogP contribution in [-0.2, 0) is 0 Å². The second-order valence-electron chi connectivity index (χ2n) is 2.83. The molecule has 0 N–H and O–H groups in total. The molecule has 0 aliphatic heterocycles. The van der Waals surface area contributed by atoms with Gasteiger partial charge >= 0.3 is 0 Å². The van der Waals surface area contributed by atoms with Gasteiger partial charge in [-0.05, 0) is 0 Å². The maximum Gasteiger partial charge on any atom is 0.172 e. The Morgan fingerprint density at radius 1 is 1.00 bits per heavy atom. The van der Waals surface area contributed by atoms with Gasteiger partial charge in [-0.2, -0.15) is 12.1 Å².